The molecule has 1 nitrogen and oxygen atoms in total. The number of alkyl halides is 1. The van der Waals surface area contributed by atoms with Crippen molar-refractivity contribution in [1.82, 2.24) is 4.90 Å². The molecule has 0 N–H and O–H groups in total. The molecule has 0 aliphatic heterocycles. The highest BCUT2D eigenvalue weighted by molar-refractivity contribution is 5.29. The zero-order valence-electron chi connectivity index (χ0n) is 17.9. The van der Waals surface area contributed by atoms with Crippen molar-refractivity contribution in [3.05, 3.63) is 83.6 Å². The second-order valence-electron chi connectivity index (χ2n) is 7.48. The molecule has 0 spiro atoms. The minimum atomic E-state index is -1.30. The molecule has 0 bridgehead atoms. The number of halogens is 1. The van der Waals surface area contributed by atoms with Crippen molar-refractivity contribution < 1.29 is 4.39 Å². The van der Waals surface area contributed by atoms with Crippen LogP contribution in [0.15, 0.2) is 72.5 Å². The summed E-state index contributed by atoms with van der Waals surface area (Å²) in [6.07, 6.45) is 16.8. The van der Waals surface area contributed by atoms with Crippen LogP contribution in [0.4, 0.5) is 4.39 Å². The maximum Gasteiger partial charge on any atom is 0.135 e. The van der Waals surface area contributed by atoms with Gasteiger partial charge in [0, 0.05) is 19.3 Å². The van der Waals surface area contributed by atoms with Crippen molar-refractivity contribution in [3.8, 4) is 0 Å². The molecule has 0 fully saturated rings. The van der Waals surface area contributed by atoms with Crippen LogP contribution in [-0.2, 0) is 12.2 Å². The molecule has 0 saturated heterocycles. The average Bonchev–Trinajstić information content (AvgIpc) is 2.64. The molecule has 1 rings (SSSR count). The largest absolute Gasteiger partial charge is 0.370 e. The van der Waals surface area contributed by atoms with Crippen LogP contribution in [0.2, 0.25) is 0 Å². The third-order valence-corrected chi connectivity index (χ3v) is 4.89. The van der Waals surface area contributed by atoms with Gasteiger partial charge in [-0.25, -0.2) is 4.39 Å². The SMILES string of the molecule is C/C=C/C=C\C=C(\C=C/CCC)N(C)Cc1ccc(C(C)(F)C(C)C)cc1. The Balaban J connectivity index is 2.92. The lowest BCUT2D eigenvalue weighted by molar-refractivity contribution is 0.123. The van der Waals surface area contributed by atoms with Crippen LogP contribution in [0.1, 0.15) is 58.6 Å². The molecule has 0 aliphatic rings. The fourth-order valence-electron chi connectivity index (χ4n) is 2.64. The van der Waals surface area contributed by atoms with Gasteiger partial charge in [0.15, 0.2) is 0 Å². The molecule has 2 heteroatoms. The number of benzene rings is 1. The van der Waals surface area contributed by atoms with Gasteiger partial charge in [-0.15, -0.1) is 0 Å². The van der Waals surface area contributed by atoms with E-state index in [-0.39, 0.29) is 5.92 Å². The Morgan fingerprint density at radius 3 is 2.37 bits per heavy atom. The third kappa shape index (κ3) is 7.58. The summed E-state index contributed by atoms with van der Waals surface area (Å²) < 4.78 is 14.8. The van der Waals surface area contributed by atoms with Gasteiger partial charge in [0.2, 0.25) is 0 Å². The van der Waals surface area contributed by atoms with Gasteiger partial charge >= 0.3 is 0 Å². The first kappa shape index (κ1) is 23.0. The van der Waals surface area contributed by atoms with Crippen LogP contribution in [0.5, 0.6) is 0 Å². The van der Waals surface area contributed by atoms with Crippen molar-refractivity contribution in [3.63, 3.8) is 0 Å². The lowest BCUT2D eigenvalue weighted by atomic mass is 9.86. The van der Waals surface area contributed by atoms with E-state index in [1.165, 1.54) is 5.56 Å². The number of hydrogen-bond donors (Lipinski definition) is 0. The zero-order chi connectivity index (χ0) is 20.3. The van der Waals surface area contributed by atoms with Gasteiger partial charge in [0.05, 0.1) is 0 Å². The summed E-state index contributed by atoms with van der Waals surface area (Å²) in [5, 5.41) is 0. The second-order valence-corrected chi connectivity index (χ2v) is 7.48. The summed E-state index contributed by atoms with van der Waals surface area (Å²) in [4.78, 5) is 2.22. The van der Waals surface area contributed by atoms with Crippen LogP contribution in [0.3, 0.4) is 0 Å². The van der Waals surface area contributed by atoms with E-state index in [2.05, 4.69) is 43.2 Å². The van der Waals surface area contributed by atoms with Crippen molar-refractivity contribution >= 4 is 0 Å². The van der Waals surface area contributed by atoms with Gasteiger partial charge in [-0.1, -0.05) is 81.8 Å². The Labute approximate surface area is 166 Å². The molecule has 1 unspecified atom stereocenters. The number of allylic oxidation sites excluding steroid dienone is 7. The summed E-state index contributed by atoms with van der Waals surface area (Å²) in [5.41, 5.74) is 1.78. The van der Waals surface area contributed by atoms with E-state index < -0.39 is 5.67 Å². The molecule has 1 aromatic carbocycles. The maximum atomic E-state index is 14.8. The lowest BCUT2D eigenvalue weighted by Gasteiger charge is -2.26. The summed E-state index contributed by atoms with van der Waals surface area (Å²) >= 11 is 0. The highest BCUT2D eigenvalue weighted by atomic mass is 19.1. The van der Waals surface area contributed by atoms with Gasteiger partial charge in [-0.05, 0) is 49.5 Å². The Hall–Kier alpha value is -2.09. The minimum absolute atomic E-state index is 0.0479. The highest BCUT2D eigenvalue weighted by Crippen LogP contribution is 2.33. The van der Waals surface area contributed by atoms with Crippen LogP contribution in [-0.4, -0.2) is 11.9 Å². The van der Waals surface area contributed by atoms with Gasteiger partial charge in [-0.3, -0.25) is 0 Å². The normalized spacial score (nSPS) is 15.3. The molecule has 0 aromatic heterocycles. The fourth-order valence-corrected chi connectivity index (χ4v) is 2.64. The molecule has 0 aliphatic carbocycles. The van der Waals surface area contributed by atoms with E-state index in [0.29, 0.717) is 0 Å². The van der Waals surface area contributed by atoms with Crippen LogP contribution >= 0.6 is 0 Å². The molecule has 0 radical (unpaired) electrons. The maximum absolute atomic E-state index is 14.8. The standard InChI is InChI=1S/C25H36FN/c1-7-9-11-13-15-24(14-12-10-8-2)27(6)20-22-16-18-23(19-17-22)25(5,26)21(3)4/h7,9,11-19,21H,8,10,20H2,1-6H3/b9-7+,13-11-,14-12-,24-15-. The summed E-state index contributed by atoms with van der Waals surface area (Å²) in [6, 6.07) is 7.92. The summed E-state index contributed by atoms with van der Waals surface area (Å²) in [5.74, 6) is -0.0479. The average molecular weight is 370 g/mol. The molecular formula is C25H36FN. The lowest BCUT2D eigenvalue weighted by Crippen LogP contribution is -2.22. The quantitative estimate of drug-likeness (QED) is 0.390. The minimum Gasteiger partial charge on any atom is -0.370 e. The van der Waals surface area contributed by atoms with E-state index >= 15 is 0 Å². The predicted octanol–water partition coefficient (Wildman–Crippen LogP) is 7.33. The number of hydrogen-bond acceptors (Lipinski definition) is 1. The van der Waals surface area contributed by atoms with Gasteiger partial charge in [-0.2, -0.15) is 0 Å². The van der Waals surface area contributed by atoms with Crippen LogP contribution in [0.25, 0.3) is 0 Å². The Morgan fingerprint density at radius 2 is 1.81 bits per heavy atom. The van der Waals surface area contributed by atoms with Crippen LogP contribution in [0, 0.1) is 5.92 Å². The number of nitrogens with zero attached hydrogens (tertiary/aromatic N) is 1. The van der Waals surface area contributed by atoms with E-state index in [1.807, 2.05) is 63.3 Å². The van der Waals surface area contributed by atoms with Crippen LogP contribution < -0.4 is 0 Å². The molecule has 1 aromatic rings. The van der Waals surface area contributed by atoms with Gasteiger partial charge < -0.3 is 4.90 Å². The Morgan fingerprint density at radius 1 is 1.15 bits per heavy atom. The molecular weight excluding hydrogens is 333 g/mol. The fraction of sp³-hybridized carbons (Fsp3) is 0.440. The van der Waals surface area contributed by atoms with Crippen molar-refractivity contribution in [2.24, 2.45) is 5.92 Å². The number of rotatable bonds is 10. The molecule has 27 heavy (non-hydrogen) atoms. The second kappa shape index (κ2) is 11.6. The first-order valence-corrected chi connectivity index (χ1v) is 9.98. The van der Waals surface area contributed by atoms with E-state index in [9.17, 15) is 4.39 Å². The highest BCUT2D eigenvalue weighted by Gasteiger charge is 2.29. The number of likely N-dealkylation sites (N-methyl/N-ethyl adjacent to an activating group) is 1. The first-order chi connectivity index (χ1) is 12.8. The summed E-state index contributed by atoms with van der Waals surface area (Å²) in [7, 11) is 2.09. The molecule has 0 amide bonds. The predicted molar refractivity (Wildman–Crippen MR) is 117 cm³/mol. The third-order valence-electron chi connectivity index (χ3n) is 4.89. The van der Waals surface area contributed by atoms with Crippen molar-refractivity contribution in [2.75, 3.05) is 7.05 Å². The summed E-state index contributed by atoms with van der Waals surface area (Å²) in [6.45, 7) is 10.5. The van der Waals surface area contributed by atoms with Crippen molar-refractivity contribution in [1.29, 1.82) is 0 Å². The number of unbranched alkanes of at least 4 members (excludes halogenated alkanes) is 1. The molecule has 1 atom stereocenters. The molecule has 148 valence electrons. The van der Waals surface area contributed by atoms with E-state index in [0.717, 1.165) is 30.6 Å². The van der Waals surface area contributed by atoms with E-state index in [4.69, 9.17) is 0 Å². The van der Waals surface area contributed by atoms with Gasteiger partial charge in [0.25, 0.3) is 0 Å². The molecule has 0 saturated carbocycles. The smallest absolute Gasteiger partial charge is 0.135 e. The Kier molecular flexibility index (Phi) is 9.85. The molecule has 0 heterocycles. The zero-order valence-corrected chi connectivity index (χ0v) is 17.9. The van der Waals surface area contributed by atoms with E-state index in [1.54, 1.807) is 6.92 Å². The van der Waals surface area contributed by atoms with Gasteiger partial charge in [0.1, 0.15) is 5.67 Å². The van der Waals surface area contributed by atoms with Crippen molar-refractivity contribution in [2.45, 2.75) is 59.7 Å². The monoisotopic (exact) mass is 369 g/mol. The Bertz CT molecular complexity index is 660. The topological polar surface area (TPSA) is 3.24 Å². The first-order valence-electron chi connectivity index (χ1n) is 9.98.